The molecule has 160 valence electrons. The van der Waals surface area contributed by atoms with Gasteiger partial charge in [-0.05, 0) is 47.6 Å². The minimum atomic E-state index is -5.74. The lowest BCUT2D eigenvalue weighted by Gasteiger charge is -2.30. The molecule has 1 aliphatic carbocycles. The third-order valence-electron chi connectivity index (χ3n) is 4.47. The molecule has 2 N–H and O–H groups in total. The Labute approximate surface area is 165 Å². The van der Waals surface area contributed by atoms with Crippen molar-refractivity contribution in [1.29, 1.82) is 0 Å². The first-order valence-corrected chi connectivity index (χ1v) is 9.55. The van der Waals surface area contributed by atoms with Crippen molar-refractivity contribution in [2.24, 2.45) is 10.6 Å². The number of pyridine rings is 1. The van der Waals surface area contributed by atoms with E-state index in [2.05, 4.69) is 4.98 Å². The number of primary sulfonamides is 1. The summed E-state index contributed by atoms with van der Waals surface area (Å²) >= 11 is 0. The van der Waals surface area contributed by atoms with E-state index in [0.29, 0.717) is 6.20 Å². The summed E-state index contributed by atoms with van der Waals surface area (Å²) in [4.78, 5) is 3.21. The van der Waals surface area contributed by atoms with Crippen LogP contribution in [0.15, 0.2) is 59.6 Å². The van der Waals surface area contributed by atoms with Gasteiger partial charge in [0.25, 0.3) is 0 Å². The molecule has 0 unspecified atom stereocenters. The van der Waals surface area contributed by atoms with E-state index in [1.807, 2.05) is 0 Å². The predicted octanol–water partition coefficient (Wildman–Crippen LogP) is 4.46. The van der Waals surface area contributed by atoms with Crippen LogP contribution in [0.5, 0.6) is 0 Å². The maximum absolute atomic E-state index is 13.6. The van der Waals surface area contributed by atoms with Gasteiger partial charge in [-0.25, -0.2) is 17.9 Å². The van der Waals surface area contributed by atoms with E-state index in [9.17, 15) is 39.2 Å². The summed E-state index contributed by atoms with van der Waals surface area (Å²) in [5.74, 6) is -0.835. The number of aromatic nitrogens is 1. The van der Waals surface area contributed by atoms with E-state index in [1.165, 1.54) is 0 Å². The van der Waals surface area contributed by atoms with Gasteiger partial charge in [0.05, 0.1) is 16.8 Å². The number of alkyl halides is 6. The molecule has 0 fully saturated rings. The highest BCUT2D eigenvalue weighted by Crippen LogP contribution is 2.59. The maximum atomic E-state index is 13.6. The number of halogens is 7. The molecule has 1 aliphatic rings. The number of rotatable bonds is 3. The molecule has 1 aromatic carbocycles. The van der Waals surface area contributed by atoms with Crippen LogP contribution in [0.25, 0.3) is 11.1 Å². The van der Waals surface area contributed by atoms with Crippen LogP contribution in [-0.2, 0) is 10.0 Å². The van der Waals surface area contributed by atoms with Gasteiger partial charge < -0.3 is 0 Å². The van der Waals surface area contributed by atoms with E-state index < -0.39 is 44.8 Å². The molecule has 0 saturated carbocycles. The third-order valence-corrected chi connectivity index (χ3v) is 5.40. The molecule has 0 radical (unpaired) electrons. The monoisotopic (exact) mass is 452 g/mol. The van der Waals surface area contributed by atoms with Crippen LogP contribution in [0.3, 0.4) is 0 Å². The van der Waals surface area contributed by atoms with E-state index in [0.717, 1.165) is 36.4 Å². The molecule has 30 heavy (non-hydrogen) atoms. The van der Waals surface area contributed by atoms with Crippen molar-refractivity contribution < 1.29 is 39.2 Å². The molecule has 0 bridgehead atoms. The van der Waals surface area contributed by atoms with Crippen LogP contribution < -0.4 is 5.14 Å². The zero-order chi connectivity index (χ0) is 22.5. The second-order valence-corrected chi connectivity index (χ2v) is 7.97. The highest BCUT2D eigenvalue weighted by molar-refractivity contribution is 7.89. The Hall–Kier alpha value is -2.73. The summed E-state index contributed by atoms with van der Waals surface area (Å²) in [7, 11) is -4.13. The van der Waals surface area contributed by atoms with Gasteiger partial charge in [0.15, 0.2) is 5.41 Å². The summed E-state index contributed by atoms with van der Waals surface area (Å²) < 4.78 is 117. The Bertz CT molecular complexity index is 1120. The second-order valence-electron chi connectivity index (χ2n) is 6.41. The molecule has 0 spiro atoms. The molecular weight excluding hydrogens is 441 g/mol. The summed E-state index contributed by atoms with van der Waals surface area (Å²) in [5, 5.41) is 4.95. The van der Waals surface area contributed by atoms with E-state index >= 15 is 0 Å². The lowest BCUT2D eigenvalue weighted by molar-refractivity contribution is -0.301. The number of benzene rings is 1. The third kappa shape index (κ3) is 3.72. The van der Waals surface area contributed by atoms with Crippen molar-refractivity contribution in [3.8, 4) is 0 Å². The van der Waals surface area contributed by atoms with Gasteiger partial charge in [0, 0.05) is 5.57 Å². The molecule has 0 atom stereocenters. The van der Waals surface area contributed by atoms with Gasteiger partial charge in [-0.2, -0.15) is 26.3 Å². The summed E-state index contributed by atoms with van der Waals surface area (Å²) in [6.45, 7) is 0. The van der Waals surface area contributed by atoms with Crippen molar-refractivity contribution in [2.45, 2.75) is 17.2 Å². The van der Waals surface area contributed by atoms with Gasteiger partial charge in [0.1, 0.15) is 5.82 Å². The predicted molar refractivity (Wildman–Crippen MR) is 92.5 cm³/mol. The number of nitrogens with zero attached hydrogens (tertiary/aromatic N) is 1. The molecule has 0 aliphatic heterocycles. The molecule has 3 rings (SSSR count). The molecule has 12 heteroatoms. The Kier molecular flexibility index (Phi) is 5.06. The average molecular weight is 452 g/mol. The quantitative estimate of drug-likeness (QED) is 0.699. The fourth-order valence-corrected chi connectivity index (χ4v) is 3.47. The zero-order valence-electron chi connectivity index (χ0n) is 14.6. The number of hydrogen-bond donors (Lipinski definition) is 1. The van der Waals surface area contributed by atoms with Crippen LogP contribution in [-0.4, -0.2) is 25.8 Å². The lowest BCUT2D eigenvalue weighted by atomic mass is 9.87. The Morgan fingerprint density at radius 3 is 1.80 bits per heavy atom. The van der Waals surface area contributed by atoms with Crippen molar-refractivity contribution in [2.75, 3.05) is 0 Å². The molecule has 4 nitrogen and oxygen atoms in total. The second kappa shape index (κ2) is 6.91. The standard InChI is InChI=1S/C18H11F7N2O2S/c19-11-3-6-15(27-9-11)14-8-16(17(20,21)22,18(23,24)25)7-13(14)10-1-4-12(5-2-10)30(26,28)29/h1-9H,(H2,26,28,29). The first-order valence-electron chi connectivity index (χ1n) is 8.00. The molecular formula is C18H11F7N2O2S. The van der Waals surface area contributed by atoms with Gasteiger partial charge in [0.2, 0.25) is 10.0 Å². The molecule has 2 aromatic rings. The van der Waals surface area contributed by atoms with E-state index in [4.69, 9.17) is 5.14 Å². The topological polar surface area (TPSA) is 73.1 Å². The van der Waals surface area contributed by atoms with E-state index in [-0.39, 0.29) is 28.3 Å². The normalized spacial score (nSPS) is 16.9. The van der Waals surface area contributed by atoms with E-state index in [1.54, 1.807) is 0 Å². The average Bonchev–Trinajstić information content (AvgIpc) is 3.04. The summed E-state index contributed by atoms with van der Waals surface area (Å²) in [6, 6.07) is 5.71. The highest BCUT2D eigenvalue weighted by atomic mass is 32.2. The van der Waals surface area contributed by atoms with Crippen LogP contribution in [0.4, 0.5) is 30.7 Å². The highest BCUT2D eigenvalue weighted by Gasteiger charge is 2.70. The molecule has 0 amide bonds. The number of allylic oxidation sites excluding steroid dienone is 4. The van der Waals surface area contributed by atoms with Crippen LogP contribution in [0.2, 0.25) is 0 Å². The van der Waals surface area contributed by atoms with Crippen molar-refractivity contribution >= 4 is 21.2 Å². The number of sulfonamides is 1. The van der Waals surface area contributed by atoms with Gasteiger partial charge >= 0.3 is 12.4 Å². The maximum Gasteiger partial charge on any atom is 0.410 e. The van der Waals surface area contributed by atoms with Gasteiger partial charge in [-0.3, -0.25) is 4.98 Å². The largest absolute Gasteiger partial charge is 0.410 e. The fraction of sp³-hybridized carbons (Fsp3) is 0.167. The molecule has 1 heterocycles. The number of nitrogens with two attached hydrogens (primary N) is 1. The molecule has 0 saturated heterocycles. The Morgan fingerprint density at radius 1 is 0.833 bits per heavy atom. The van der Waals surface area contributed by atoms with Crippen molar-refractivity contribution in [3.05, 3.63) is 71.8 Å². The number of hydrogen-bond acceptors (Lipinski definition) is 3. The van der Waals surface area contributed by atoms with Crippen molar-refractivity contribution in [1.82, 2.24) is 4.98 Å². The van der Waals surface area contributed by atoms with Crippen LogP contribution >= 0.6 is 0 Å². The first kappa shape index (κ1) is 22.0. The van der Waals surface area contributed by atoms with Crippen LogP contribution in [0.1, 0.15) is 11.3 Å². The first-order chi connectivity index (χ1) is 13.7. The SMILES string of the molecule is NS(=O)(=O)c1ccc(C2=CC(C(F)(F)F)(C(F)(F)F)C=C2c2ccc(F)cn2)cc1. The lowest BCUT2D eigenvalue weighted by Crippen LogP contribution is -2.46. The fourth-order valence-electron chi connectivity index (χ4n) is 2.95. The van der Waals surface area contributed by atoms with Crippen molar-refractivity contribution in [3.63, 3.8) is 0 Å². The Morgan fingerprint density at radius 2 is 1.37 bits per heavy atom. The van der Waals surface area contributed by atoms with Gasteiger partial charge in [-0.15, -0.1) is 0 Å². The summed E-state index contributed by atoms with van der Waals surface area (Å²) in [6.07, 6.45) is -10.8. The Balaban J connectivity index is 2.26. The summed E-state index contributed by atoms with van der Waals surface area (Å²) in [5.41, 5.74) is -5.80. The zero-order valence-corrected chi connectivity index (χ0v) is 15.4. The van der Waals surface area contributed by atoms with Gasteiger partial charge in [-0.1, -0.05) is 12.1 Å². The van der Waals surface area contributed by atoms with Crippen LogP contribution in [0, 0.1) is 11.2 Å². The smallest absolute Gasteiger partial charge is 0.253 e. The minimum absolute atomic E-state index is 0.000672. The minimum Gasteiger partial charge on any atom is -0.253 e. The molecule has 1 aromatic heterocycles.